The molecule has 0 saturated heterocycles. The number of ether oxygens (including phenoxy) is 2. The summed E-state index contributed by atoms with van der Waals surface area (Å²) in [6.07, 6.45) is 5.84. The lowest BCUT2D eigenvalue weighted by molar-refractivity contribution is 0.371. The number of aromatic nitrogens is 2. The van der Waals surface area contributed by atoms with Crippen LogP contribution in [0.5, 0.6) is 17.4 Å². The number of fused-ring (bicyclic) bond motifs is 1. The number of hydrogen-bond acceptors (Lipinski definition) is 5. The maximum Gasteiger partial charge on any atom is 0.225 e. The van der Waals surface area contributed by atoms with Gasteiger partial charge in [-0.05, 0) is 37.8 Å². The molecule has 1 aromatic carbocycles. The highest BCUT2D eigenvalue weighted by Crippen LogP contribution is 2.35. The van der Waals surface area contributed by atoms with Gasteiger partial charge in [-0.1, -0.05) is 0 Å². The maximum absolute atomic E-state index is 5.92. The number of nitrogens with two attached hydrogens (primary N) is 1. The lowest BCUT2D eigenvalue weighted by Gasteiger charge is -2.18. The van der Waals surface area contributed by atoms with Crippen LogP contribution in [0.25, 0.3) is 0 Å². The Kier molecular flexibility index (Phi) is 3.41. The van der Waals surface area contributed by atoms with E-state index in [1.165, 1.54) is 6.42 Å². The summed E-state index contributed by atoms with van der Waals surface area (Å²) >= 11 is 0. The number of nitrogen functional groups attached to an aromatic ring is 1. The van der Waals surface area contributed by atoms with Gasteiger partial charge < -0.3 is 15.2 Å². The quantitative estimate of drug-likeness (QED) is 0.869. The van der Waals surface area contributed by atoms with Crippen LogP contribution in [-0.4, -0.2) is 17.1 Å². The fourth-order valence-corrected chi connectivity index (χ4v) is 2.45. The predicted octanol–water partition coefficient (Wildman–Crippen LogP) is 2.74. The monoisotopic (exact) mass is 271 g/mol. The van der Waals surface area contributed by atoms with E-state index in [-0.39, 0.29) is 0 Å². The molecule has 1 aliphatic carbocycles. The molecule has 1 aliphatic rings. The largest absolute Gasteiger partial charge is 0.493 e. The van der Waals surface area contributed by atoms with Gasteiger partial charge in [-0.3, -0.25) is 0 Å². The van der Waals surface area contributed by atoms with E-state index in [1.807, 2.05) is 0 Å². The van der Waals surface area contributed by atoms with Crippen molar-refractivity contribution in [2.24, 2.45) is 0 Å². The third kappa shape index (κ3) is 2.39. The molecule has 3 rings (SSSR count). The molecule has 0 fully saturated rings. The lowest BCUT2D eigenvalue weighted by atomic mass is 9.97. The fraction of sp³-hybridized carbons (Fsp3) is 0.333. The number of methoxy groups -OCH3 is 1. The van der Waals surface area contributed by atoms with Crippen LogP contribution in [0.3, 0.4) is 0 Å². The molecule has 0 saturated carbocycles. The summed E-state index contributed by atoms with van der Waals surface area (Å²) in [5.74, 6) is 1.85. The lowest BCUT2D eigenvalue weighted by Crippen LogP contribution is -2.08. The van der Waals surface area contributed by atoms with Crippen LogP contribution < -0.4 is 15.2 Å². The van der Waals surface area contributed by atoms with Crippen molar-refractivity contribution in [2.75, 3.05) is 12.8 Å². The van der Waals surface area contributed by atoms with E-state index in [9.17, 15) is 0 Å². The molecule has 2 N–H and O–H groups in total. The molecule has 20 heavy (non-hydrogen) atoms. The standard InChI is InChI=1S/C15H17N3O2/c1-19-14-8-10(16)6-7-13(14)20-15-11-4-2-3-5-12(11)17-9-18-15/h6-9H,2-5,16H2,1H3. The van der Waals surface area contributed by atoms with E-state index in [0.717, 1.165) is 30.5 Å². The van der Waals surface area contributed by atoms with Crippen molar-refractivity contribution >= 4 is 5.69 Å². The van der Waals surface area contributed by atoms with Crippen molar-refractivity contribution in [3.8, 4) is 17.4 Å². The molecule has 0 amide bonds. The van der Waals surface area contributed by atoms with Crippen LogP contribution in [0.1, 0.15) is 24.1 Å². The highest BCUT2D eigenvalue weighted by atomic mass is 16.5. The van der Waals surface area contributed by atoms with Crippen molar-refractivity contribution < 1.29 is 9.47 Å². The Bertz CT molecular complexity index is 629. The SMILES string of the molecule is COc1cc(N)ccc1Oc1ncnc2c1CCCC2. The number of nitrogens with zero attached hydrogens (tertiary/aromatic N) is 2. The Hall–Kier alpha value is -2.30. The Balaban J connectivity index is 1.95. The molecule has 2 aromatic rings. The number of hydrogen-bond donors (Lipinski definition) is 1. The second kappa shape index (κ2) is 5.36. The average Bonchev–Trinajstić information content (AvgIpc) is 2.49. The summed E-state index contributed by atoms with van der Waals surface area (Å²) < 4.78 is 11.2. The first-order chi connectivity index (χ1) is 9.78. The minimum atomic E-state index is 0.605. The van der Waals surface area contributed by atoms with Gasteiger partial charge in [0.2, 0.25) is 5.88 Å². The molecule has 0 spiro atoms. The molecule has 0 radical (unpaired) electrons. The Morgan fingerprint density at radius 1 is 1.10 bits per heavy atom. The van der Waals surface area contributed by atoms with E-state index >= 15 is 0 Å². The fourth-order valence-electron chi connectivity index (χ4n) is 2.45. The van der Waals surface area contributed by atoms with Crippen LogP contribution in [0.2, 0.25) is 0 Å². The van der Waals surface area contributed by atoms with E-state index in [0.29, 0.717) is 23.1 Å². The number of aryl methyl sites for hydroxylation is 1. The average molecular weight is 271 g/mol. The van der Waals surface area contributed by atoms with E-state index < -0.39 is 0 Å². The summed E-state index contributed by atoms with van der Waals surface area (Å²) in [7, 11) is 1.59. The highest BCUT2D eigenvalue weighted by molar-refractivity contribution is 5.53. The van der Waals surface area contributed by atoms with Gasteiger partial charge >= 0.3 is 0 Å². The maximum atomic E-state index is 5.92. The molecule has 1 aromatic heterocycles. The van der Waals surface area contributed by atoms with E-state index in [2.05, 4.69) is 9.97 Å². The van der Waals surface area contributed by atoms with Gasteiger partial charge in [0.05, 0.1) is 12.8 Å². The first kappa shape index (κ1) is 12.7. The van der Waals surface area contributed by atoms with E-state index in [4.69, 9.17) is 15.2 Å². The molecule has 5 nitrogen and oxygen atoms in total. The minimum Gasteiger partial charge on any atom is -0.493 e. The van der Waals surface area contributed by atoms with Gasteiger partial charge in [-0.25, -0.2) is 9.97 Å². The van der Waals surface area contributed by atoms with Gasteiger partial charge in [-0.2, -0.15) is 0 Å². The van der Waals surface area contributed by atoms with Gasteiger partial charge in [0, 0.05) is 17.3 Å². The minimum absolute atomic E-state index is 0.605. The van der Waals surface area contributed by atoms with Crippen LogP contribution in [0, 0.1) is 0 Å². The highest BCUT2D eigenvalue weighted by Gasteiger charge is 2.18. The van der Waals surface area contributed by atoms with Crippen LogP contribution in [-0.2, 0) is 12.8 Å². The first-order valence-corrected chi connectivity index (χ1v) is 6.72. The molecular weight excluding hydrogens is 254 g/mol. The van der Waals surface area contributed by atoms with E-state index in [1.54, 1.807) is 31.6 Å². The molecular formula is C15H17N3O2. The topological polar surface area (TPSA) is 70.3 Å². The van der Waals surface area contributed by atoms with Crippen LogP contribution in [0.15, 0.2) is 24.5 Å². The van der Waals surface area contributed by atoms with Crippen molar-refractivity contribution in [3.63, 3.8) is 0 Å². The second-order valence-electron chi connectivity index (χ2n) is 4.82. The van der Waals surface area contributed by atoms with Gasteiger partial charge in [0.1, 0.15) is 6.33 Å². The van der Waals surface area contributed by atoms with Crippen molar-refractivity contribution in [1.29, 1.82) is 0 Å². The molecule has 0 aliphatic heterocycles. The third-order valence-electron chi connectivity index (χ3n) is 3.48. The predicted molar refractivity (Wildman–Crippen MR) is 76.2 cm³/mol. The molecule has 1 heterocycles. The number of anilines is 1. The zero-order valence-electron chi connectivity index (χ0n) is 11.4. The Morgan fingerprint density at radius 2 is 1.95 bits per heavy atom. The molecule has 5 heteroatoms. The van der Waals surface area contributed by atoms with Crippen LogP contribution >= 0.6 is 0 Å². The summed E-state index contributed by atoms with van der Waals surface area (Å²) in [6, 6.07) is 5.32. The summed E-state index contributed by atoms with van der Waals surface area (Å²) in [6.45, 7) is 0. The summed E-state index contributed by atoms with van der Waals surface area (Å²) in [5, 5.41) is 0. The number of benzene rings is 1. The Morgan fingerprint density at radius 3 is 2.80 bits per heavy atom. The summed E-state index contributed by atoms with van der Waals surface area (Å²) in [4.78, 5) is 8.60. The zero-order chi connectivity index (χ0) is 13.9. The number of rotatable bonds is 3. The molecule has 0 unspecified atom stereocenters. The van der Waals surface area contributed by atoms with Crippen molar-refractivity contribution in [3.05, 3.63) is 35.8 Å². The van der Waals surface area contributed by atoms with Gasteiger partial charge in [0.25, 0.3) is 0 Å². The second-order valence-corrected chi connectivity index (χ2v) is 4.82. The smallest absolute Gasteiger partial charge is 0.225 e. The normalized spacial score (nSPS) is 13.7. The van der Waals surface area contributed by atoms with Crippen molar-refractivity contribution in [2.45, 2.75) is 25.7 Å². The molecule has 104 valence electrons. The van der Waals surface area contributed by atoms with Gasteiger partial charge in [-0.15, -0.1) is 0 Å². The zero-order valence-corrected chi connectivity index (χ0v) is 11.4. The van der Waals surface area contributed by atoms with Crippen molar-refractivity contribution in [1.82, 2.24) is 9.97 Å². The Labute approximate surface area is 117 Å². The van der Waals surface area contributed by atoms with Gasteiger partial charge in [0.15, 0.2) is 11.5 Å². The molecule has 0 atom stereocenters. The first-order valence-electron chi connectivity index (χ1n) is 6.72. The third-order valence-corrected chi connectivity index (χ3v) is 3.48. The van der Waals surface area contributed by atoms with Crippen LogP contribution in [0.4, 0.5) is 5.69 Å². The molecule has 0 bridgehead atoms. The summed E-state index contributed by atoms with van der Waals surface area (Å²) in [5.41, 5.74) is 8.59.